The molecule has 0 amide bonds. The van der Waals surface area contributed by atoms with E-state index in [0.717, 1.165) is 11.1 Å². The predicted octanol–water partition coefficient (Wildman–Crippen LogP) is 4.38. The summed E-state index contributed by atoms with van der Waals surface area (Å²) in [7, 11) is -10.2. The summed E-state index contributed by atoms with van der Waals surface area (Å²) < 4.78 is 65.0. The van der Waals surface area contributed by atoms with Crippen molar-refractivity contribution in [2.75, 3.05) is 13.2 Å². The van der Waals surface area contributed by atoms with Gasteiger partial charge in [-0.2, -0.15) is 8.42 Å². The van der Waals surface area contributed by atoms with E-state index >= 15 is 0 Å². The van der Waals surface area contributed by atoms with E-state index in [9.17, 15) is 16.8 Å². The first-order chi connectivity index (χ1) is 15.0. The molecule has 1 atom stereocenters. The monoisotopic (exact) mass is 513 g/mol. The number of hydrogen-bond donors (Lipinski definition) is 1. The van der Waals surface area contributed by atoms with Gasteiger partial charge >= 0.3 is 0 Å². The summed E-state index contributed by atoms with van der Waals surface area (Å²) in [5.41, 5.74) is 1.88. The van der Waals surface area contributed by atoms with E-state index in [4.69, 9.17) is 8.61 Å². The normalized spacial score (nSPS) is 14.3. The molecule has 184 valence electrons. The van der Waals surface area contributed by atoms with Crippen LogP contribution in [-0.4, -0.2) is 44.4 Å². The first-order valence-electron chi connectivity index (χ1n) is 10.7. The van der Waals surface area contributed by atoms with Crippen molar-refractivity contribution in [2.24, 2.45) is 0 Å². The molecule has 1 unspecified atom stereocenters. The van der Waals surface area contributed by atoms with Crippen LogP contribution in [0.25, 0.3) is 0 Å². The smallest absolute Gasteiger partial charge is 0.297 e. The average molecular weight is 514 g/mol. The van der Waals surface area contributed by atoms with E-state index in [1.165, 1.54) is 24.3 Å². The van der Waals surface area contributed by atoms with Crippen molar-refractivity contribution < 1.29 is 25.4 Å². The molecule has 0 fully saturated rings. The van der Waals surface area contributed by atoms with Gasteiger partial charge < -0.3 is 4.43 Å². The largest absolute Gasteiger partial charge is 0.410 e. The quantitative estimate of drug-likeness (QED) is 0.374. The molecule has 2 rings (SSSR count). The fourth-order valence-corrected chi connectivity index (χ4v) is 6.01. The Morgan fingerprint density at radius 1 is 0.848 bits per heavy atom. The zero-order valence-electron chi connectivity index (χ0n) is 20.4. The number of hydrogen-bond acceptors (Lipinski definition) is 6. The zero-order valence-corrected chi connectivity index (χ0v) is 23.0. The Balaban J connectivity index is 2.20. The summed E-state index contributed by atoms with van der Waals surface area (Å²) in [6.45, 7) is 13.5. The second kappa shape index (κ2) is 10.4. The Morgan fingerprint density at radius 2 is 1.30 bits per heavy atom. The van der Waals surface area contributed by atoms with Crippen LogP contribution < -0.4 is 4.72 Å². The number of nitrogens with one attached hydrogen (secondary N) is 1. The van der Waals surface area contributed by atoms with Crippen molar-refractivity contribution in [2.45, 2.75) is 68.6 Å². The lowest BCUT2D eigenvalue weighted by Gasteiger charge is -2.39. The molecule has 1 N–H and O–H groups in total. The number of benzene rings is 2. The van der Waals surface area contributed by atoms with Gasteiger partial charge in [0.05, 0.1) is 22.5 Å². The highest BCUT2D eigenvalue weighted by Gasteiger charge is 2.39. The third-order valence-electron chi connectivity index (χ3n) is 5.82. The molecule has 7 nitrogen and oxygen atoms in total. The van der Waals surface area contributed by atoms with Crippen molar-refractivity contribution in [3.63, 3.8) is 0 Å². The number of rotatable bonds is 10. The Labute approximate surface area is 199 Å². The highest BCUT2D eigenvalue weighted by molar-refractivity contribution is 7.89. The van der Waals surface area contributed by atoms with Gasteiger partial charge in [0.1, 0.15) is 0 Å². The molecule has 2 aromatic carbocycles. The van der Waals surface area contributed by atoms with Gasteiger partial charge in [-0.15, -0.1) is 0 Å². The van der Waals surface area contributed by atoms with Gasteiger partial charge in [0, 0.05) is 6.54 Å². The highest BCUT2D eigenvalue weighted by atomic mass is 32.2. The molecule has 0 saturated heterocycles. The molecule has 0 radical (unpaired) electrons. The summed E-state index contributed by atoms with van der Waals surface area (Å²) in [4.78, 5) is 0.173. The fourth-order valence-electron chi connectivity index (χ4n) is 2.67. The second-order valence-electron chi connectivity index (χ2n) is 9.72. The Kier molecular flexibility index (Phi) is 8.70. The van der Waals surface area contributed by atoms with E-state index in [1.54, 1.807) is 24.3 Å². The van der Waals surface area contributed by atoms with Crippen LogP contribution in [0.4, 0.5) is 0 Å². The Bertz CT molecular complexity index is 1060. The van der Waals surface area contributed by atoms with Crippen molar-refractivity contribution in [3.8, 4) is 0 Å². The van der Waals surface area contributed by atoms with Gasteiger partial charge in [0.15, 0.2) is 8.32 Å². The Morgan fingerprint density at radius 3 is 1.76 bits per heavy atom. The van der Waals surface area contributed by atoms with Gasteiger partial charge in [-0.25, -0.2) is 13.1 Å². The summed E-state index contributed by atoms with van der Waals surface area (Å²) >= 11 is 0. The standard InChI is InChI=1S/C23H35NO6S2Si/c1-18-8-12-21(13-9-18)31(25,26)24-16-20(30-33(6,7)23(3,4)5)17-29-32(27,28)22-14-10-19(2)11-15-22/h8-15,20,24H,16-17H2,1-7H3. The molecular weight excluding hydrogens is 478 g/mol. The van der Waals surface area contributed by atoms with Gasteiger partial charge in [-0.05, 0) is 56.2 Å². The minimum atomic E-state index is -4.02. The van der Waals surface area contributed by atoms with Crippen molar-refractivity contribution in [1.29, 1.82) is 0 Å². The molecular formula is C23H35NO6S2Si. The third-order valence-corrected chi connectivity index (χ3v) is 13.1. The predicted molar refractivity (Wildman–Crippen MR) is 133 cm³/mol. The van der Waals surface area contributed by atoms with E-state index in [1.807, 2.05) is 26.9 Å². The van der Waals surface area contributed by atoms with E-state index in [0.29, 0.717) is 0 Å². The fraction of sp³-hybridized carbons (Fsp3) is 0.478. The molecule has 0 aliphatic heterocycles. The van der Waals surface area contributed by atoms with Crippen molar-refractivity contribution in [3.05, 3.63) is 59.7 Å². The first-order valence-corrected chi connectivity index (χ1v) is 16.5. The highest BCUT2D eigenvalue weighted by Crippen LogP contribution is 2.37. The topological polar surface area (TPSA) is 98.8 Å². The minimum Gasteiger partial charge on any atom is -0.410 e. The van der Waals surface area contributed by atoms with E-state index < -0.39 is 34.6 Å². The zero-order chi connectivity index (χ0) is 25.1. The summed E-state index contributed by atoms with van der Waals surface area (Å²) in [5, 5.41) is -0.156. The first kappa shape index (κ1) is 27.7. The third kappa shape index (κ3) is 7.73. The van der Waals surface area contributed by atoms with Gasteiger partial charge in [-0.1, -0.05) is 56.2 Å². The van der Waals surface area contributed by atoms with Crippen LogP contribution in [0.1, 0.15) is 31.9 Å². The lowest BCUT2D eigenvalue weighted by Crippen LogP contribution is -2.48. The van der Waals surface area contributed by atoms with Crippen molar-refractivity contribution in [1.82, 2.24) is 4.72 Å². The van der Waals surface area contributed by atoms with Crippen LogP contribution in [0.2, 0.25) is 18.1 Å². The number of aryl methyl sites for hydroxylation is 2. The molecule has 0 aromatic heterocycles. The summed E-state index contributed by atoms with van der Waals surface area (Å²) in [6.07, 6.45) is -0.786. The molecule has 0 aliphatic carbocycles. The van der Waals surface area contributed by atoms with Gasteiger partial charge in [0.25, 0.3) is 10.1 Å². The lowest BCUT2D eigenvalue weighted by molar-refractivity contribution is 0.121. The van der Waals surface area contributed by atoms with Crippen LogP contribution in [0, 0.1) is 13.8 Å². The Hall–Kier alpha value is -1.56. The van der Waals surface area contributed by atoms with Crippen LogP contribution in [0.5, 0.6) is 0 Å². The molecule has 10 heteroatoms. The maximum atomic E-state index is 12.8. The van der Waals surface area contributed by atoms with Gasteiger partial charge in [0.2, 0.25) is 10.0 Å². The molecule has 0 aliphatic rings. The van der Waals surface area contributed by atoms with E-state index in [-0.39, 0.29) is 28.0 Å². The van der Waals surface area contributed by atoms with Crippen LogP contribution in [0.3, 0.4) is 0 Å². The van der Waals surface area contributed by atoms with Crippen molar-refractivity contribution >= 4 is 28.5 Å². The van der Waals surface area contributed by atoms with Crippen LogP contribution in [-0.2, 0) is 28.8 Å². The molecule has 2 aromatic rings. The molecule has 0 saturated carbocycles. The maximum absolute atomic E-state index is 12.8. The second-order valence-corrected chi connectivity index (χ2v) is 17.9. The SMILES string of the molecule is Cc1ccc(S(=O)(=O)NCC(COS(=O)(=O)c2ccc(C)cc2)O[Si](C)(C)C(C)(C)C)cc1. The van der Waals surface area contributed by atoms with Crippen LogP contribution in [0.15, 0.2) is 58.3 Å². The maximum Gasteiger partial charge on any atom is 0.297 e. The van der Waals surface area contributed by atoms with E-state index in [2.05, 4.69) is 25.5 Å². The molecule has 0 heterocycles. The van der Waals surface area contributed by atoms with Gasteiger partial charge in [-0.3, -0.25) is 4.18 Å². The lowest BCUT2D eigenvalue weighted by atomic mass is 10.2. The summed E-state index contributed by atoms with van der Waals surface area (Å²) in [5.74, 6) is 0. The van der Waals surface area contributed by atoms with Crippen LogP contribution >= 0.6 is 0 Å². The minimum absolute atomic E-state index is 0.0411. The summed E-state index contributed by atoms with van der Waals surface area (Å²) in [6, 6.07) is 12.8. The molecule has 33 heavy (non-hydrogen) atoms. The average Bonchev–Trinajstić information content (AvgIpc) is 2.70. The number of sulfonamides is 1. The molecule has 0 spiro atoms. The molecule has 0 bridgehead atoms.